The van der Waals surface area contributed by atoms with E-state index in [4.69, 9.17) is 0 Å². The van der Waals surface area contributed by atoms with Crippen molar-refractivity contribution in [2.24, 2.45) is 5.41 Å². The van der Waals surface area contributed by atoms with Crippen LogP contribution < -0.4 is 0 Å². The van der Waals surface area contributed by atoms with Crippen molar-refractivity contribution in [2.75, 3.05) is 0 Å². The maximum absolute atomic E-state index is 12.1. The molecule has 0 fully saturated rings. The lowest BCUT2D eigenvalue weighted by molar-refractivity contribution is 0.0971. The summed E-state index contributed by atoms with van der Waals surface area (Å²) in [5, 5.41) is 9.93. The number of hydrogen-bond acceptors (Lipinski definition) is 1. The Labute approximate surface area is 157 Å². The number of amides is 1. The fourth-order valence-electron chi connectivity index (χ4n) is 4.02. The highest BCUT2D eigenvalue weighted by atomic mass is 79.9. The molecule has 1 amide bonds. The summed E-state index contributed by atoms with van der Waals surface area (Å²) in [5.41, 5.74) is 3.57. The van der Waals surface area contributed by atoms with Gasteiger partial charge in [0.2, 0.25) is 0 Å². The van der Waals surface area contributed by atoms with Crippen molar-refractivity contribution < 1.29 is 9.90 Å². The third kappa shape index (κ3) is 3.74. The van der Waals surface area contributed by atoms with Gasteiger partial charge in [0.15, 0.2) is 0 Å². The smallest absolute Gasteiger partial charge is 0.407 e. The third-order valence-corrected chi connectivity index (χ3v) is 5.58. The zero-order valence-electron chi connectivity index (χ0n) is 14.9. The van der Waals surface area contributed by atoms with Crippen molar-refractivity contribution in [3.05, 3.63) is 69.7 Å². The second-order valence-corrected chi connectivity index (χ2v) is 8.77. The molecule has 4 heteroatoms. The molecule has 2 atom stereocenters. The van der Waals surface area contributed by atoms with E-state index in [0.717, 1.165) is 16.5 Å². The van der Waals surface area contributed by atoms with Gasteiger partial charge in [-0.1, -0.05) is 73.1 Å². The van der Waals surface area contributed by atoms with Crippen LogP contribution in [0.15, 0.2) is 53.0 Å². The highest BCUT2D eigenvalue weighted by Crippen LogP contribution is 2.47. The summed E-state index contributed by atoms with van der Waals surface area (Å²) in [7, 11) is 0. The van der Waals surface area contributed by atoms with Gasteiger partial charge in [0.05, 0.1) is 0 Å². The van der Waals surface area contributed by atoms with Gasteiger partial charge >= 0.3 is 6.09 Å². The zero-order chi connectivity index (χ0) is 18.2. The van der Waals surface area contributed by atoms with Gasteiger partial charge in [-0.05, 0) is 40.7 Å². The van der Waals surface area contributed by atoms with E-state index in [-0.39, 0.29) is 17.4 Å². The molecule has 0 bridgehead atoms. The Morgan fingerprint density at radius 1 is 1.16 bits per heavy atom. The van der Waals surface area contributed by atoms with Crippen molar-refractivity contribution >= 4 is 22.0 Å². The maximum Gasteiger partial charge on any atom is 0.407 e. The minimum Gasteiger partial charge on any atom is -0.465 e. The van der Waals surface area contributed by atoms with E-state index >= 15 is 0 Å². The lowest BCUT2D eigenvalue weighted by Crippen LogP contribution is -2.44. The summed E-state index contributed by atoms with van der Waals surface area (Å²) >= 11 is 3.43. The summed E-state index contributed by atoms with van der Waals surface area (Å²) in [4.78, 5) is 13.7. The monoisotopic (exact) mass is 401 g/mol. The van der Waals surface area contributed by atoms with Crippen LogP contribution in [0.4, 0.5) is 4.79 Å². The van der Waals surface area contributed by atoms with Gasteiger partial charge in [0.1, 0.15) is 0 Å². The van der Waals surface area contributed by atoms with Gasteiger partial charge in [-0.2, -0.15) is 0 Å². The molecule has 0 aliphatic heterocycles. The van der Waals surface area contributed by atoms with Gasteiger partial charge in [0.25, 0.3) is 0 Å². The van der Waals surface area contributed by atoms with Crippen LogP contribution in [-0.2, 0) is 13.0 Å². The van der Waals surface area contributed by atoms with Gasteiger partial charge < -0.3 is 10.0 Å². The molecule has 2 unspecified atom stereocenters. The van der Waals surface area contributed by atoms with E-state index in [1.807, 2.05) is 30.3 Å². The first-order valence-corrected chi connectivity index (χ1v) is 9.38. The summed E-state index contributed by atoms with van der Waals surface area (Å²) in [5.74, 6) is 0.190. The number of carbonyl (C=O) groups is 1. The van der Waals surface area contributed by atoms with Crippen LogP contribution in [0.2, 0.25) is 0 Å². The molecule has 2 aromatic carbocycles. The van der Waals surface area contributed by atoms with Crippen LogP contribution in [-0.4, -0.2) is 22.1 Å². The Morgan fingerprint density at radius 3 is 2.40 bits per heavy atom. The Balaban J connectivity index is 1.95. The van der Waals surface area contributed by atoms with E-state index in [1.165, 1.54) is 11.1 Å². The van der Waals surface area contributed by atoms with Crippen LogP contribution in [0, 0.1) is 5.41 Å². The van der Waals surface area contributed by atoms with E-state index < -0.39 is 6.09 Å². The minimum absolute atomic E-state index is 0.00924. The van der Waals surface area contributed by atoms with Crippen LogP contribution in [0.3, 0.4) is 0 Å². The predicted octanol–water partition coefficient (Wildman–Crippen LogP) is 5.68. The van der Waals surface area contributed by atoms with E-state index in [1.54, 1.807) is 4.90 Å². The average molecular weight is 402 g/mol. The summed E-state index contributed by atoms with van der Waals surface area (Å²) in [6.45, 7) is 7.01. The van der Waals surface area contributed by atoms with Crippen LogP contribution in [0.5, 0.6) is 0 Å². The van der Waals surface area contributed by atoms with Crippen molar-refractivity contribution in [3.8, 4) is 0 Å². The topological polar surface area (TPSA) is 40.5 Å². The lowest BCUT2D eigenvalue weighted by Gasteiger charge is -2.38. The van der Waals surface area contributed by atoms with Crippen molar-refractivity contribution in [1.29, 1.82) is 0 Å². The lowest BCUT2D eigenvalue weighted by atomic mass is 9.75. The molecular formula is C21H24BrNO2. The first-order valence-electron chi connectivity index (χ1n) is 8.59. The van der Waals surface area contributed by atoms with Gasteiger partial charge in [-0.3, -0.25) is 0 Å². The second-order valence-electron chi connectivity index (χ2n) is 7.85. The molecule has 1 N–H and O–H groups in total. The van der Waals surface area contributed by atoms with Crippen molar-refractivity contribution in [3.63, 3.8) is 0 Å². The SMILES string of the molecule is CC(C)(C)C1c2ccccc2CC1N(Cc1ccc(Br)cc1)C(=O)O. The first kappa shape index (κ1) is 18.0. The number of halogens is 1. The number of fused-ring (bicyclic) bond motifs is 1. The van der Waals surface area contributed by atoms with Crippen LogP contribution in [0.25, 0.3) is 0 Å². The van der Waals surface area contributed by atoms with Gasteiger partial charge in [-0.15, -0.1) is 0 Å². The van der Waals surface area contributed by atoms with Crippen molar-refractivity contribution in [1.82, 2.24) is 4.90 Å². The first-order chi connectivity index (χ1) is 11.8. The summed E-state index contributed by atoms with van der Waals surface area (Å²) in [6, 6.07) is 16.2. The van der Waals surface area contributed by atoms with E-state index in [9.17, 15) is 9.90 Å². The Bertz CT molecular complexity index is 764. The Morgan fingerprint density at radius 2 is 1.80 bits per heavy atom. The molecule has 2 aromatic rings. The fourth-order valence-corrected chi connectivity index (χ4v) is 4.29. The molecule has 1 aliphatic rings. The number of rotatable bonds is 3. The van der Waals surface area contributed by atoms with Gasteiger partial charge in [0, 0.05) is 23.0 Å². The average Bonchev–Trinajstić information content (AvgIpc) is 2.93. The Kier molecular flexibility index (Phi) is 4.92. The summed E-state index contributed by atoms with van der Waals surface area (Å²) < 4.78 is 0.999. The summed E-state index contributed by atoms with van der Waals surface area (Å²) in [6.07, 6.45) is -0.0732. The van der Waals surface area contributed by atoms with Crippen molar-refractivity contribution in [2.45, 2.75) is 45.7 Å². The molecule has 0 saturated heterocycles. The molecule has 0 radical (unpaired) electrons. The van der Waals surface area contributed by atoms with Crippen LogP contribution >= 0.6 is 15.9 Å². The van der Waals surface area contributed by atoms with E-state index in [2.05, 4.69) is 54.9 Å². The minimum atomic E-state index is -0.852. The number of carboxylic acid groups (broad SMARTS) is 1. The molecule has 25 heavy (non-hydrogen) atoms. The number of nitrogens with zero attached hydrogens (tertiary/aromatic N) is 1. The second kappa shape index (κ2) is 6.83. The molecule has 0 spiro atoms. The molecule has 0 heterocycles. The molecule has 0 aromatic heterocycles. The number of benzene rings is 2. The molecule has 3 nitrogen and oxygen atoms in total. The normalized spacial score (nSPS) is 19.5. The van der Waals surface area contributed by atoms with Gasteiger partial charge in [-0.25, -0.2) is 4.79 Å². The fraction of sp³-hybridized carbons (Fsp3) is 0.381. The zero-order valence-corrected chi connectivity index (χ0v) is 16.5. The van der Waals surface area contributed by atoms with Crippen LogP contribution in [0.1, 0.15) is 43.4 Å². The largest absolute Gasteiger partial charge is 0.465 e. The maximum atomic E-state index is 12.1. The standard InChI is InChI=1S/C21H24BrNO2/c1-21(2,3)19-17-7-5-4-6-15(17)12-18(19)23(20(24)25)13-14-8-10-16(22)11-9-14/h4-11,18-19H,12-13H2,1-3H3,(H,24,25). The Hall–Kier alpha value is -1.81. The third-order valence-electron chi connectivity index (χ3n) is 5.05. The quantitative estimate of drug-likeness (QED) is 0.717. The highest BCUT2D eigenvalue weighted by molar-refractivity contribution is 9.10. The highest BCUT2D eigenvalue weighted by Gasteiger charge is 2.44. The molecule has 0 saturated carbocycles. The molecule has 132 valence electrons. The van der Waals surface area contributed by atoms with E-state index in [0.29, 0.717) is 6.54 Å². The molecular weight excluding hydrogens is 378 g/mol. The predicted molar refractivity (Wildman–Crippen MR) is 104 cm³/mol. The molecule has 3 rings (SSSR count). The number of hydrogen-bond donors (Lipinski definition) is 1. The molecule has 1 aliphatic carbocycles.